The Balaban J connectivity index is 1.42. The van der Waals surface area contributed by atoms with Crippen molar-refractivity contribution in [3.8, 4) is 40.3 Å². The molecule has 3 aromatic heterocycles. The Morgan fingerprint density at radius 3 is 2.42 bits per heavy atom. The van der Waals surface area contributed by atoms with E-state index in [4.69, 9.17) is 14.2 Å². The monoisotopic (exact) mass is 558 g/mol. The number of alkyl halides is 3. The molecule has 0 spiro atoms. The Bertz CT molecular complexity index is 1540. The van der Waals surface area contributed by atoms with Gasteiger partial charge in [0.15, 0.2) is 17.3 Å². The average Bonchev–Trinajstić information content (AvgIpc) is 3.67. The summed E-state index contributed by atoms with van der Waals surface area (Å²) in [6.07, 6.45) is 1.11. The highest BCUT2D eigenvalue weighted by Crippen LogP contribution is 2.45. The number of nitrogens with zero attached hydrogens (tertiary/aromatic N) is 6. The minimum atomic E-state index is -4.65. The minimum Gasteiger partial charge on any atom is -0.490 e. The van der Waals surface area contributed by atoms with Gasteiger partial charge >= 0.3 is 6.18 Å². The van der Waals surface area contributed by atoms with Crippen LogP contribution in [0.2, 0.25) is 0 Å². The maximum atomic E-state index is 15.2. The number of benzene rings is 1. The predicted octanol–water partition coefficient (Wildman–Crippen LogP) is 6.01. The van der Waals surface area contributed by atoms with Crippen molar-refractivity contribution in [2.45, 2.75) is 51.4 Å². The predicted molar refractivity (Wildman–Crippen MR) is 135 cm³/mol. The minimum absolute atomic E-state index is 0.0568. The molecule has 1 aromatic carbocycles. The van der Waals surface area contributed by atoms with Crippen molar-refractivity contribution < 1.29 is 31.8 Å². The third kappa shape index (κ3) is 5.40. The summed E-state index contributed by atoms with van der Waals surface area (Å²) in [7, 11) is 2.94. The van der Waals surface area contributed by atoms with E-state index in [2.05, 4.69) is 24.9 Å². The Morgan fingerprint density at radius 1 is 1.02 bits per heavy atom. The number of ether oxygens (including phenoxy) is 3. The number of hydrogen-bond acceptors (Lipinski definition) is 8. The van der Waals surface area contributed by atoms with Crippen LogP contribution in [0, 0.1) is 5.82 Å². The Hall–Kier alpha value is -4.29. The van der Waals surface area contributed by atoms with E-state index in [0.29, 0.717) is 17.0 Å². The molecule has 13 heteroatoms. The van der Waals surface area contributed by atoms with Crippen LogP contribution in [-0.4, -0.2) is 43.7 Å². The molecule has 1 fully saturated rings. The molecule has 40 heavy (non-hydrogen) atoms. The van der Waals surface area contributed by atoms with E-state index in [1.54, 1.807) is 19.9 Å². The van der Waals surface area contributed by atoms with E-state index in [9.17, 15) is 13.2 Å². The van der Waals surface area contributed by atoms with Gasteiger partial charge in [-0.15, -0.1) is 0 Å². The summed E-state index contributed by atoms with van der Waals surface area (Å²) in [5.41, 5.74) is 0.628. The maximum absolute atomic E-state index is 15.2. The largest absolute Gasteiger partial charge is 0.490 e. The molecule has 3 heterocycles. The van der Waals surface area contributed by atoms with Crippen LogP contribution in [-0.2, 0) is 12.8 Å². The number of hydrogen-bond donors (Lipinski definition) is 0. The lowest BCUT2D eigenvalue weighted by atomic mass is 10.1. The van der Waals surface area contributed by atoms with Crippen molar-refractivity contribution in [3.63, 3.8) is 0 Å². The SMILES string of the molecule is COc1cnc(-c2c(OC)ncnc2C2CC2)nc1OCc1ccc(-c2nc(C(F)(F)F)cn2C(C)C)c(F)c1. The number of aromatic nitrogens is 6. The summed E-state index contributed by atoms with van der Waals surface area (Å²) >= 11 is 0. The smallest absolute Gasteiger partial charge is 0.434 e. The van der Waals surface area contributed by atoms with Gasteiger partial charge < -0.3 is 18.8 Å². The van der Waals surface area contributed by atoms with E-state index >= 15 is 4.39 Å². The van der Waals surface area contributed by atoms with Gasteiger partial charge in [-0.25, -0.2) is 24.3 Å². The summed E-state index contributed by atoms with van der Waals surface area (Å²) < 4.78 is 73.0. The normalized spacial score (nSPS) is 13.5. The molecule has 0 amide bonds. The zero-order valence-corrected chi connectivity index (χ0v) is 22.2. The first-order valence-electron chi connectivity index (χ1n) is 12.5. The van der Waals surface area contributed by atoms with Gasteiger partial charge in [0.25, 0.3) is 5.88 Å². The molecule has 1 aliphatic carbocycles. The first-order chi connectivity index (χ1) is 19.1. The summed E-state index contributed by atoms with van der Waals surface area (Å²) in [5, 5.41) is 0. The lowest BCUT2D eigenvalue weighted by Gasteiger charge is -2.14. The quantitative estimate of drug-likeness (QED) is 0.231. The zero-order valence-electron chi connectivity index (χ0n) is 22.2. The second-order valence-corrected chi connectivity index (χ2v) is 9.54. The molecule has 1 saturated carbocycles. The van der Waals surface area contributed by atoms with Crippen LogP contribution in [0.15, 0.2) is 36.9 Å². The van der Waals surface area contributed by atoms with E-state index < -0.39 is 17.7 Å². The van der Waals surface area contributed by atoms with E-state index in [-0.39, 0.29) is 47.4 Å². The molecule has 210 valence electrons. The Morgan fingerprint density at radius 2 is 1.80 bits per heavy atom. The third-order valence-electron chi connectivity index (χ3n) is 6.39. The van der Waals surface area contributed by atoms with E-state index in [1.165, 1.54) is 43.4 Å². The first-order valence-corrected chi connectivity index (χ1v) is 12.5. The van der Waals surface area contributed by atoms with Gasteiger partial charge in [0.2, 0.25) is 5.88 Å². The molecule has 0 bridgehead atoms. The number of imidazole rings is 1. The van der Waals surface area contributed by atoms with Crippen LogP contribution in [0.4, 0.5) is 17.6 Å². The third-order valence-corrected chi connectivity index (χ3v) is 6.39. The topological polar surface area (TPSA) is 97.1 Å². The van der Waals surface area contributed by atoms with E-state index in [1.807, 2.05) is 0 Å². The van der Waals surface area contributed by atoms with Crippen molar-refractivity contribution >= 4 is 0 Å². The van der Waals surface area contributed by atoms with Gasteiger partial charge in [-0.1, -0.05) is 6.07 Å². The summed E-state index contributed by atoms with van der Waals surface area (Å²) in [5.74, 6) is 0.398. The lowest BCUT2D eigenvalue weighted by Crippen LogP contribution is -2.06. The van der Waals surface area contributed by atoms with Crippen LogP contribution in [0.25, 0.3) is 22.8 Å². The van der Waals surface area contributed by atoms with E-state index in [0.717, 1.165) is 24.7 Å². The van der Waals surface area contributed by atoms with Crippen molar-refractivity contribution in [1.29, 1.82) is 0 Å². The summed E-state index contributed by atoms with van der Waals surface area (Å²) in [6, 6.07) is 3.76. The van der Waals surface area contributed by atoms with Crippen molar-refractivity contribution in [2.75, 3.05) is 14.2 Å². The maximum Gasteiger partial charge on any atom is 0.434 e. The van der Waals surface area contributed by atoms with Gasteiger partial charge in [-0.3, -0.25) is 0 Å². The second-order valence-electron chi connectivity index (χ2n) is 9.54. The number of halogens is 4. The molecule has 9 nitrogen and oxygen atoms in total. The zero-order chi connectivity index (χ0) is 28.6. The molecular weight excluding hydrogens is 532 g/mol. The molecule has 0 aliphatic heterocycles. The Labute approximate surface area is 227 Å². The molecule has 1 aliphatic rings. The molecule has 4 aromatic rings. The first kappa shape index (κ1) is 27.3. The van der Waals surface area contributed by atoms with Crippen LogP contribution < -0.4 is 14.2 Å². The molecule has 0 N–H and O–H groups in total. The number of methoxy groups -OCH3 is 2. The summed E-state index contributed by atoms with van der Waals surface area (Å²) in [6.45, 7) is 3.29. The van der Waals surface area contributed by atoms with Crippen molar-refractivity contribution in [1.82, 2.24) is 29.5 Å². The fourth-order valence-electron chi connectivity index (χ4n) is 4.24. The van der Waals surface area contributed by atoms with Crippen LogP contribution in [0.5, 0.6) is 17.5 Å². The molecule has 5 rings (SSSR count). The van der Waals surface area contributed by atoms with Crippen molar-refractivity contribution in [3.05, 3.63) is 59.7 Å². The molecule has 0 unspecified atom stereocenters. The lowest BCUT2D eigenvalue weighted by molar-refractivity contribution is -0.140. The molecule has 0 radical (unpaired) electrons. The van der Waals surface area contributed by atoms with Gasteiger partial charge in [0, 0.05) is 18.2 Å². The highest BCUT2D eigenvalue weighted by molar-refractivity contribution is 5.66. The average molecular weight is 559 g/mol. The standard InChI is InChI=1S/C27H26F4N6O3/c1-14(2)37-11-20(27(29,30)31)35-24(37)17-8-5-15(9-18(17)28)12-40-25-19(38-3)10-32-23(36-25)21-22(16-6-7-16)33-13-34-26(21)39-4/h5,8-11,13-14,16H,6-7,12H2,1-4H3. The van der Waals surface area contributed by atoms with Crippen molar-refractivity contribution in [2.24, 2.45) is 0 Å². The van der Waals surface area contributed by atoms with Crippen LogP contribution in [0.1, 0.15) is 55.6 Å². The molecular formula is C27H26F4N6O3. The molecule has 0 atom stereocenters. The number of rotatable bonds is 9. The van der Waals surface area contributed by atoms with Gasteiger partial charge in [-0.2, -0.15) is 18.2 Å². The fourth-order valence-corrected chi connectivity index (χ4v) is 4.24. The highest BCUT2D eigenvalue weighted by atomic mass is 19.4. The fraction of sp³-hybridized carbons (Fsp3) is 0.370. The highest BCUT2D eigenvalue weighted by Gasteiger charge is 2.36. The summed E-state index contributed by atoms with van der Waals surface area (Å²) in [4.78, 5) is 21.2. The second kappa shape index (κ2) is 10.7. The van der Waals surface area contributed by atoms with Gasteiger partial charge in [0.05, 0.1) is 31.7 Å². The van der Waals surface area contributed by atoms with Crippen LogP contribution in [0.3, 0.4) is 0 Å². The van der Waals surface area contributed by atoms with Gasteiger partial charge in [-0.05, 0) is 44.4 Å². The van der Waals surface area contributed by atoms with Gasteiger partial charge in [0.1, 0.15) is 30.1 Å². The molecule has 0 saturated heterocycles. The van der Waals surface area contributed by atoms with Crippen LogP contribution >= 0.6 is 0 Å². The Kier molecular flexibility index (Phi) is 7.30.